The molecule has 0 radical (unpaired) electrons. The number of carbonyl (C=O) groups excluding carboxylic acids is 1. The van der Waals surface area contributed by atoms with Crippen LogP contribution in [0.3, 0.4) is 0 Å². The molecule has 1 heterocycles. The van der Waals surface area contributed by atoms with E-state index >= 15 is 0 Å². The first-order valence-corrected chi connectivity index (χ1v) is 9.55. The zero-order chi connectivity index (χ0) is 20.7. The van der Waals surface area contributed by atoms with Crippen LogP contribution in [0.2, 0.25) is 0 Å². The molecule has 0 atom stereocenters. The minimum atomic E-state index is -0.432. The van der Waals surface area contributed by atoms with Crippen molar-refractivity contribution in [3.05, 3.63) is 77.0 Å². The number of rotatable bonds is 4. The molecular weight excluding hydrogens is 380 g/mol. The van der Waals surface area contributed by atoms with Crippen molar-refractivity contribution in [3.8, 4) is 22.8 Å². The van der Waals surface area contributed by atoms with Gasteiger partial charge in [-0.25, -0.2) is 5.43 Å². The molecule has 0 saturated carbocycles. The number of hydrogen-bond acceptors (Lipinski definition) is 5. The third-order valence-electron chi connectivity index (χ3n) is 5.35. The molecule has 0 bridgehead atoms. The van der Waals surface area contributed by atoms with E-state index in [1.807, 2.05) is 0 Å². The van der Waals surface area contributed by atoms with Crippen molar-refractivity contribution in [3.63, 3.8) is 0 Å². The number of aryl methyl sites for hydroxylation is 2. The Balaban J connectivity index is 1.37. The summed E-state index contributed by atoms with van der Waals surface area (Å²) in [4.78, 5) is 12.4. The van der Waals surface area contributed by atoms with Crippen LogP contribution in [0.4, 0.5) is 0 Å². The second-order valence-electron chi connectivity index (χ2n) is 7.23. The molecule has 7 nitrogen and oxygen atoms in total. The monoisotopic (exact) mass is 398 g/mol. The number of H-pyrrole nitrogens is 1. The maximum atomic E-state index is 12.4. The van der Waals surface area contributed by atoms with Gasteiger partial charge in [0.05, 0.1) is 11.9 Å². The van der Waals surface area contributed by atoms with E-state index < -0.39 is 5.91 Å². The number of nitrogens with one attached hydrogen (secondary N) is 2. The molecule has 3 aromatic carbocycles. The lowest BCUT2D eigenvalue weighted by molar-refractivity contribution is 0.0950. The van der Waals surface area contributed by atoms with E-state index in [0.717, 1.165) is 23.8 Å². The zero-order valence-electron chi connectivity index (χ0n) is 15.9. The Hall–Kier alpha value is -4.13. The smallest absolute Gasteiger partial charge is 0.289 e. The third kappa shape index (κ3) is 3.06. The van der Waals surface area contributed by atoms with Crippen LogP contribution in [0, 0.1) is 0 Å². The highest BCUT2D eigenvalue weighted by Crippen LogP contribution is 2.36. The fraction of sp³-hybridized carbons (Fsp3) is 0.0870. The highest BCUT2D eigenvalue weighted by molar-refractivity contribution is 6.02. The Morgan fingerprint density at radius 1 is 1.03 bits per heavy atom. The lowest BCUT2D eigenvalue weighted by Gasteiger charge is -2.06. The lowest BCUT2D eigenvalue weighted by atomic mass is 9.98. The summed E-state index contributed by atoms with van der Waals surface area (Å²) in [6.07, 6.45) is 3.49. The molecule has 1 aromatic heterocycles. The Bertz CT molecular complexity index is 1310. The van der Waals surface area contributed by atoms with Gasteiger partial charge in [-0.1, -0.05) is 30.3 Å². The number of carbonyl (C=O) groups is 1. The number of aromatic nitrogens is 2. The molecule has 1 aliphatic carbocycles. The summed E-state index contributed by atoms with van der Waals surface area (Å²) in [6.45, 7) is 0. The van der Waals surface area contributed by atoms with Gasteiger partial charge in [-0.3, -0.25) is 9.89 Å². The Morgan fingerprint density at radius 2 is 1.87 bits per heavy atom. The van der Waals surface area contributed by atoms with Crippen LogP contribution in [0.15, 0.2) is 59.7 Å². The fourth-order valence-electron chi connectivity index (χ4n) is 3.89. The SMILES string of the molecule is O=C(NN=Cc1ccc(O)c(O)c1)c1cc(-c2ccc3c4c(cccc24)CC3)n[nH]1. The summed E-state index contributed by atoms with van der Waals surface area (Å²) in [6, 6.07) is 16.5. The summed E-state index contributed by atoms with van der Waals surface area (Å²) in [5.74, 6) is -0.906. The number of aromatic amines is 1. The van der Waals surface area contributed by atoms with Gasteiger partial charge in [0.2, 0.25) is 0 Å². The maximum absolute atomic E-state index is 12.4. The average Bonchev–Trinajstić information content (AvgIpc) is 3.40. The van der Waals surface area contributed by atoms with Crippen molar-refractivity contribution in [2.45, 2.75) is 12.8 Å². The van der Waals surface area contributed by atoms with Crippen LogP contribution < -0.4 is 5.43 Å². The van der Waals surface area contributed by atoms with E-state index in [4.69, 9.17) is 0 Å². The molecule has 0 spiro atoms. The Kier molecular flexibility index (Phi) is 4.21. The first-order chi connectivity index (χ1) is 14.6. The summed E-state index contributed by atoms with van der Waals surface area (Å²) in [5, 5.41) is 32.3. The second-order valence-corrected chi connectivity index (χ2v) is 7.23. The summed E-state index contributed by atoms with van der Waals surface area (Å²) < 4.78 is 0. The topological polar surface area (TPSA) is 111 Å². The van der Waals surface area contributed by atoms with Gasteiger partial charge < -0.3 is 10.2 Å². The van der Waals surface area contributed by atoms with Crippen molar-refractivity contribution in [1.82, 2.24) is 15.6 Å². The van der Waals surface area contributed by atoms with Gasteiger partial charge in [-0.15, -0.1) is 0 Å². The third-order valence-corrected chi connectivity index (χ3v) is 5.35. The molecule has 0 saturated heterocycles. The van der Waals surface area contributed by atoms with Gasteiger partial charge >= 0.3 is 0 Å². The largest absolute Gasteiger partial charge is 0.504 e. The molecular formula is C23H18N4O3. The Morgan fingerprint density at radius 3 is 2.70 bits per heavy atom. The van der Waals surface area contributed by atoms with Crippen LogP contribution in [-0.4, -0.2) is 32.5 Å². The molecule has 0 aliphatic heterocycles. The number of amides is 1. The normalized spacial score (nSPS) is 12.7. The highest BCUT2D eigenvalue weighted by atomic mass is 16.3. The fourth-order valence-corrected chi connectivity index (χ4v) is 3.89. The van der Waals surface area contributed by atoms with E-state index in [2.05, 4.69) is 51.1 Å². The lowest BCUT2D eigenvalue weighted by Crippen LogP contribution is -2.17. The molecule has 4 aromatic rings. The minimum absolute atomic E-state index is 0.218. The molecule has 30 heavy (non-hydrogen) atoms. The number of hydrazone groups is 1. The first-order valence-electron chi connectivity index (χ1n) is 9.55. The number of phenolic OH excluding ortho intramolecular Hbond substituents is 2. The molecule has 0 fully saturated rings. The minimum Gasteiger partial charge on any atom is -0.504 e. The maximum Gasteiger partial charge on any atom is 0.289 e. The van der Waals surface area contributed by atoms with Gasteiger partial charge in [-0.05, 0) is 64.6 Å². The first kappa shape index (κ1) is 17.9. The van der Waals surface area contributed by atoms with Crippen molar-refractivity contribution in [2.24, 2.45) is 5.10 Å². The van der Waals surface area contributed by atoms with Gasteiger partial charge in [0.25, 0.3) is 5.91 Å². The van der Waals surface area contributed by atoms with E-state index in [0.29, 0.717) is 17.0 Å². The van der Waals surface area contributed by atoms with E-state index in [1.165, 1.54) is 34.9 Å². The average molecular weight is 398 g/mol. The molecule has 1 amide bonds. The number of phenols is 2. The molecule has 5 rings (SSSR count). The summed E-state index contributed by atoms with van der Waals surface area (Å²) in [5.41, 5.74) is 7.64. The van der Waals surface area contributed by atoms with Gasteiger partial charge in [0.1, 0.15) is 5.69 Å². The van der Waals surface area contributed by atoms with Crippen molar-refractivity contribution >= 4 is 22.9 Å². The van der Waals surface area contributed by atoms with E-state index in [-0.39, 0.29) is 11.5 Å². The number of nitrogens with zero attached hydrogens (tertiary/aromatic N) is 2. The zero-order valence-corrected chi connectivity index (χ0v) is 15.9. The second kappa shape index (κ2) is 7.04. The molecule has 7 heteroatoms. The number of hydrogen-bond donors (Lipinski definition) is 4. The molecule has 148 valence electrons. The van der Waals surface area contributed by atoms with Gasteiger partial charge in [-0.2, -0.15) is 10.2 Å². The van der Waals surface area contributed by atoms with Crippen LogP contribution in [0.25, 0.3) is 22.0 Å². The predicted molar refractivity (Wildman–Crippen MR) is 114 cm³/mol. The number of benzene rings is 3. The van der Waals surface area contributed by atoms with E-state index in [9.17, 15) is 15.0 Å². The van der Waals surface area contributed by atoms with Crippen LogP contribution >= 0.6 is 0 Å². The van der Waals surface area contributed by atoms with Crippen LogP contribution in [-0.2, 0) is 12.8 Å². The summed E-state index contributed by atoms with van der Waals surface area (Å²) in [7, 11) is 0. The van der Waals surface area contributed by atoms with Crippen LogP contribution in [0.1, 0.15) is 27.2 Å². The van der Waals surface area contributed by atoms with Crippen LogP contribution in [0.5, 0.6) is 11.5 Å². The van der Waals surface area contributed by atoms with Gasteiger partial charge in [0, 0.05) is 5.56 Å². The van der Waals surface area contributed by atoms with E-state index in [1.54, 1.807) is 12.1 Å². The predicted octanol–water partition coefficient (Wildman–Crippen LogP) is 3.50. The highest BCUT2D eigenvalue weighted by Gasteiger charge is 2.18. The van der Waals surface area contributed by atoms with Crippen molar-refractivity contribution in [1.29, 1.82) is 0 Å². The quantitative estimate of drug-likeness (QED) is 0.239. The molecule has 0 unspecified atom stereocenters. The summed E-state index contributed by atoms with van der Waals surface area (Å²) >= 11 is 0. The van der Waals surface area contributed by atoms with Gasteiger partial charge in [0.15, 0.2) is 11.5 Å². The Labute approximate surface area is 171 Å². The molecule has 4 N–H and O–H groups in total. The van der Waals surface area contributed by atoms with Crippen molar-refractivity contribution < 1.29 is 15.0 Å². The van der Waals surface area contributed by atoms with Crippen molar-refractivity contribution in [2.75, 3.05) is 0 Å². The standard InChI is InChI=1S/C23H18N4O3/c28-20-9-4-13(10-21(20)29)12-24-27-23(30)19-11-18(25-26-19)16-8-7-15-6-5-14-2-1-3-17(16)22(14)15/h1-4,7-12,28-29H,5-6H2,(H,25,26)(H,27,30). The molecule has 1 aliphatic rings. The number of aromatic hydroxyl groups is 2.